The summed E-state index contributed by atoms with van der Waals surface area (Å²) in [6.07, 6.45) is 4.17. The molecular formula is C23H27N3O3S2. The summed E-state index contributed by atoms with van der Waals surface area (Å²) in [7, 11) is -3.46. The molecule has 0 radical (unpaired) electrons. The van der Waals surface area contributed by atoms with Gasteiger partial charge < -0.3 is 9.30 Å². The van der Waals surface area contributed by atoms with E-state index < -0.39 is 10.0 Å². The van der Waals surface area contributed by atoms with Gasteiger partial charge in [0.2, 0.25) is 10.0 Å². The van der Waals surface area contributed by atoms with Crippen LogP contribution in [0.4, 0.5) is 0 Å². The van der Waals surface area contributed by atoms with Gasteiger partial charge in [-0.25, -0.2) is 13.4 Å². The first kappa shape index (κ1) is 21.0. The number of sulfonamides is 1. The van der Waals surface area contributed by atoms with Gasteiger partial charge in [0.05, 0.1) is 28.6 Å². The van der Waals surface area contributed by atoms with Crippen LogP contribution in [0, 0.1) is 0 Å². The third kappa shape index (κ3) is 4.39. The number of hydrogen-bond acceptors (Lipinski definition) is 5. The molecule has 1 atom stereocenters. The van der Waals surface area contributed by atoms with E-state index in [4.69, 9.17) is 9.72 Å². The summed E-state index contributed by atoms with van der Waals surface area (Å²) < 4.78 is 35.7. The lowest BCUT2D eigenvalue weighted by Gasteiger charge is -2.16. The normalized spacial score (nSPS) is 20.1. The standard InChI is InChI=1S/C23H27N3O3S2/c27-31(28,25-12-4-5-13-25)20-10-11-22-21(15-20)24-23(26(22)16-19-9-6-14-29-19)30-17-18-7-2-1-3-8-18/h1-3,7-8,10-11,15,19H,4-6,9,12-14,16-17H2. The highest BCUT2D eigenvalue weighted by Crippen LogP contribution is 2.31. The molecule has 0 N–H and O–H groups in total. The van der Waals surface area contributed by atoms with E-state index in [0.717, 1.165) is 60.8 Å². The number of benzene rings is 2. The summed E-state index contributed by atoms with van der Waals surface area (Å²) in [5.74, 6) is 0.814. The molecule has 1 aromatic heterocycles. The maximum atomic E-state index is 13.0. The van der Waals surface area contributed by atoms with Crippen molar-refractivity contribution in [1.82, 2.24) is 13.9 Å². The molecule has 5 rings (SSSR count). The molecule has 0 bridgehead atoms. The van der Waals surface area contributed by atoms with Crippen LogP contribution in [0.1, 0.15) is 31.2 Å². The Labute approximate surface area is 187 Å². The fourth-order valence-corrected chi connectivity index (χ4v) is 6.84. The molecule has 3 heterocycles. The van der Waals surface area contributed by atoms with Crippen LogP contribution in [-0.2, 0) is 27.1 Å². The fraction of sp³-hybridized carbons (Fsp3) is 0.435. The second-order valence-electron chi connectivity index (χ2n) is 8.18. The number of rotatable bonds is 7. The molecule has 2 aliphatic rings. The van der Waals surface area contributed by atoms with Gasteiger partial charge in [-0.2, -0.15) is 4.31 Å². The summed E-state index contributed by atoms with van der Waals surface area (Å²) in [4.78, 5) is 5.19. The van der Waals surface area contributed by atoms with Gasteiger partial charge >= 0.3 is 0 Å². The molecule has 0 saturated carbocycles. The van der Waals surface area contributed by atoms with Crippen molar-refractivity contribution in [1.29, 1.82) is 0 Å². The molecular weight excluding hydrogens is 430 g/mol. The molecule has 6 nitrogen and oxygen atoms in total. The first-order valence-electron chi connectivity index (χ1n) is 10.9. The Morgan fingerprint density at radius 2 is 1.87 bits per heavy atom. The second-order valence-corrected chi connectivity index (χ2v) is 11.1. The molecule has 0 aliphatic carbocycles. The predicted molar refractivity (Wildman–Crippen MR) is 123 cm³/mol. The van der Waals surface area contributed by atoms with Gasteiger partial charge in [0, 0.05) is 25.4 Å². The molecule has 0 amide bonds. The van der Waals surface area contributed by atoms with Gasteiger partial charge in [-0.15, -0.1) is 0 Å². The van der Waals surface area contributed by atoms with E-state index in [9.17, 15) is 8.42 Å². The van der Waals surface area contributed by atoms with Crippen LogP contribution in [0.25, 0.3) is 11.0 Å². The zero-order chi connectivity index (χ0) is 21.3. The highest BCUT2D eigenvalue weighted by Gasteiger charge is 2.28. The number of thioether (sulfide) groups is 1. The zero-order valence-corrected chi connectivity index (χ0v) is 19.1. The summed E-state index contributed by atoms with van der Waals surface area (Å²) in [5.41, 5.74) is 2.93. The fourth-order valence-electron chi connectivity index (χ4n) is 4.33. The van der Waals surface area contributed by atoms with Crippen molar-refractivity contribution in [3.63, 3.8) is 0 Å². The van der Waals surface area contributed by atoms with Gasteiger partial charge in [-0.3, -0.25) is 0 Å². The Kier molecular flexibility index (Phi) is 6.05. The third-order valence-corrected chi connectivity index (χ3v) is 8.95. The lowest BCUT2D eigenvalue weighted by atomic mass is 10.2. The van der Waals surface area contributed by atoms with Crippen LogP contribution in [0.15, 0.2) is 58.6 Å². The Morgan fingerprint density at radius 3 is 2.61 bits per heavy atom. The summed E-state index contributed by atoms with van der Waals surface area (Å²) in [5, 5.41) is 0.907. The van der Waals surface area contributed by atoms with Gasteiger partial charge in [0.15, 0.2) is 5.16 Å². The minimum Gasteiger partial charge on any atom is -0.376 e. The van der Waals surface area contributed by atoms with Gasteiger partial charge in [-0.05, 0) is 49.4 Å². The van der Waals surface area contributed by atoms with Crippen LogP contribution < -0.4 is 0 Å². The van der Waals surface area contributed by atoms with E-state index in [0.29, 0.717) is 18.0 Å². The topological polar surface area (TPSA) is 64.4 Å². The maximum absolute atomic E-state index is 13.0. The molecule has 0 spiro atoms. The van der Waals surface area contributed by atoms with Crippen LogP contribution in [-0.4, -0.2) is 48.1 Å². The Bertz CT molecular complexity index is 1150. The highest BCUT2D eigenvalue weighted by atomic mass is 32.2. The summed E-state index contributed by atoms with van der Waals surface area (Å²) >= 11 is 1.68. The van der Waals surface area contributed by atoms with Crippen LogP contribution in [0.5, 0.6) is 0 Å². The minimum atomic E-state index is -3.46. The highest BCUT2D eigenvalue weighted by molar-refractivity contribution is 7.98. The first-order valence-corrected chi connectivity index (χ1v) is 13.3. The lowest BCUT2D eigenvalue weighted by Crippen LogP contribution is -2.27. The van der Waals surface area contributed by atoms with Crippen molar-refractivity contribution in [2.75, 3.05) is 19.7 Å². The number of ether oxygens (including phenoxy) is 1. The molecule has 164 valence electrons. The lowest BCUT2D eigenvalue weighted by molar-refractivity contribution is 0.0960. The third-order valence-electron chi connectivity index (χ3n) is 6.01. The number of fused-ring (bicyclic) bond motifs is 1. The summed E-state index contributed by atoms with van der Waals surface area (Å²) in [6.45, 7) is 2.76. The molecule has 2 aliphatic heterocycles. The second kappa shape index (κ2) is 8.94. The molecule has 1 unspecified atom stereocenters. The van der Waals surface area contributed by atoms with Crippen molar-refractivity contribution in [3.05, 3.63) is 54.1 Å². The largest absolute Gasteiger partial charge is 0.376 e. The van der Waals surface area contributed by atoms with E-state index >= 15 is 0 Å². The van der Waals surface area contributed by atoms with Crippen molar-refractivity contribution in [2.24, 2.45) is 0 Å². The predicted octanol–water partition coefficient (Wildman–Crippen LogP) is 4.29. The van der Waals surface area contributed by atoms with Gasteiger partial charge in [0.1, 0.15) is 0 Å². The van der Waals surface area contributed by atoms with Gasteiger partial charge in [0.25, 0.3) is 0 Å². The number of imidazole rings is 1. The molecule has 2 aromatic carbocycles. The van der Waals surface area contributed by atoms with Crippen molar-refractivity contribution >= 4 is 32.8 Å². The quantitative estimate of drug-likeness (QED) is 0.495. The van der Waals surface area contributed by atoms with E-state index in [1.54, 1.807) is 28.2 Å². The maximum Gasteiger partial charge on any atom is 0.243 e. The molecule has 2 saturated heterocycles. The van der Waals surface area contributed by atoms with E-state index in [1.165, 1.54) is 5.56 Å². The average Bonchev–Trinajstić information content (AvgIpc) is 3.55. The smallest absolute Gasteiger partial charge is 0.243 e. The zero-order valence-electron chi connectivity index (χ0n) is 17.4. The molecule has 31 heavy (non-hydrogen) atoms. The van der Waals surface area contributed by atoms with Gasteiger partial charge in [-0.1, -0.05) is 42.1 Å². The minimum absolute atomic E-state index is 0.182. The van der Waals surface area contributed by atoms with Crippen molar-refractivity contribution in [3.8, 4) is 0 Å². The Hall–Kier alpha value is -1.87. The van der Waals surface area contributed by atoms with E-state index in [2.05, 4.69) is 16.7 Å². The SMILES string of the molecule is O=S(=O)(c1ccc2c(c1)nc(SCc1ccccc1)n2CC1CCCO1)N1CCCC1. The van der Waals surface area contributed by atoms with Crippen LogP contribution >= 0.6 is 11.8 Å². The summed E-state index contributed by atoms with van der Waals surface area (Å²) in [6, 6.07) is 15.7. The monoisotopic (exact) mass is 457 g/mol. The molecule has 8 heteroatoms. The first-order chi connectivity index (χ1) is 15.1. The van der Waals surface area contributed by atoms with Crippen LogP contribution in [0.3, 0.4) is 0 Å². The van der Waals surface area contributed by atoms with Crippen molar-refractivity contribution < 1.29 is 13.2 Å². The Balaban J connectivity index is 1.49. The van der Waals surface area contributed by atoms with E-state index in [-0.39, 0.29) is 6.10 Å². The Morgan fingerprint density at radius 1 is 1.06 bits per heavy atom. The average molecular weight is 458 g/mol. The molecule has 2 fully saturated rings. The number of nitrogens with zero attached hydrogens (tertiary/aromatic N) is 3. The van der Waals surface area contributed by atoms with Crippen LogP contribution in [0.2, 0.25) is 0 Å². The van der Waals surface area contributed by atoms with Crippen molar-refractivity contribution in [2.45, 2.75) is 54.1 Å². The number of aromatic nitrogens is 2. The molecule has 3 aromatic rings. The van der Waals surface area contributed by atoms with E-state index in [1.807, 2.05) is 24.3 Å². The number of hydrogen-bond donors (Lipinski definition) is 0.